The van der Waals surface area contributed by atoms with Crippen LogP contribution in [0.2, 0.25) is 5.02 Å². The van der Waals surface area contributed by atoms with Gasteiger partial charge in [-0.15, -0.1) is 0 Å². The first-order valence-electron chi connectivity index (χ1n) is 8.48. The fourth-order valence-electron chi connectivity index (χ4n) is 3.07. The standard InChI is InChI=1S/C18H15ClF5N3O2S/c1-9-3-10(18(22,23)24)4-16(25-9)27-8-30(29)7-15(27)17(28)26(2)14-5-11(19)12(20)6-13(14)21/h3-6,15H,7-8H2,1-2H3/t15-,30?/m1/s1. The van der Waals surface area contributed by atoms with E-state index in [0.717, 1.165) is 23.1 Å². The van der Waals surface area contributed by atoms with Crippen LogP contribution in [0.25, 0.3) is 0 Å². The summed E-state index contributed by atoms with van der Waals surface area (Å²) < 4.78 is 79.2. The van der Waals surface area contributed by atoms with Crippen LogP contribution in [0, 0.1) is 18.6 Å². The predicted octanol–water partition coefficient (Wildman–Crippen LogP) is 3.90. The zero-order valence-corrected chi connectivity index (χ0v) is 17.2. The van der Waals surface area contributed by atoms with Gasteiger partial charge in [0.2, 0.25) is 0 Å². The number of aryl methyl sites for hydroxylation is 1. The SMILES string of the molecule is Cc1cc(C(F)(F)F)cc(N2CS(=O)C[C@@H]2C(=O)N(C)c2cc(Cl)c(F)cc2F)n1. The maximum Gasteiger partial charge on any atom is 0.416 e. The van der Waals surface area contributed by atoms with E-state index in [1.807, 2.05) is 0 Å². The molecule has 1 amide bonds. The van der Waals surface area contributed by atoms with Crippen molar-refractivity contribution >= 4 is 39.8 Å². The van der Waals surface area contributed by atoms with Gasteiger partial charge in [0.05, 0.1) is 27.9 Å². The third-order valence-corrected chi connectivity index (χ3v) is 6.07. The molecule has 2 atom stereocenters. The van der Waals surface area contributed by atoms with Gasteiger partial charge < -0.3 is 9.80 Å². The zero-order valence-electron chi connectivity index (χ0n) is 15.6. The maximum atomic E-state index is 14.2. The Morgan fingerprint density at radius 1 is 1.23 bits per heavy atom. The second-order valence-electron chi connectivity index (χ2n) is 6.69. The third-order valence-electron chi connectivity index (χ3n) is 4.53. The highest BCUT2D eigenvalue weighted by Crippen LogP contribution is 2.34. The van der Waals surface area contributed by atoms with Gasteiger partial charge >= 0.3 is 6.18 Å². The maximum absolute atomic E-state index is 14.2. The molecule has 12 heteroatoms. The van der Waals surface area contributed by atoms with Crippen molar-refractivity contribution in [1.29, 1.82) is 0 Å². The lowest BCUT2D eigenvalue weighted by Crippen LogP contribution is -2.46. The molecule has 1 aliphatic rings. The van der Waals surface area contributed by atoms with Gasteiger partial charge in [-0.05, 0) is 25.1 Å². The van der Waals surface area contributed by atoms with E-state index in [0.29, 0.717) is 6.07 Å². The van der Waals surface area contributed by atoms with Crippen LogP contribution in [-0.4, -0.2) is 39.8 Å². The van der Waals surface area contributed by atoms with Crippen molar-refractivity contribution in [2.45, 2.75) is 19.1 Å². The number of rotatable bonds is 3. The Labute approximate surface area is 175 Å². The zero-order chi connectivity index (χ0) is 22.4. The summed E-state index contributed by atoms with van der Waals surface area (Å²) >= 11 is 5.66. The first-order valence-corrected chi connectivity index (χ1v) is 10.3. The molecule has 1 aromatic carbocycles. The van der Waals surface area contributed by atoms with Crippen LogP contribution < -0.4 is 9.80 Å². The molecule has 0 spiro atoms. The monoisotopic (exact) mass is 467 g/mol. The van der Waals surface area contributed by atoms with Gasteiger partial charge in [-0.2, -0.15) is 13.2 Å². The highest BCUT2D eigenvalue weighted by molar-refractivity contribution is 7.85. The molecule has 0 saturated carbocycles. The number of likely N-dealkylation sites (N-methyl/N-ethyl adjacent to an activating group) is 1. The van der Waals surface area contributed by atoms with Gasteiger partial charge in [0.15, 0.2) is 0 Å². The quantitative estimate of drug-likeness (QED) is 0.507. The number of hydrogen-bond donors (Lipinski definition) is 0. The molecular weight excluding hydrogens is 453 g/mol. The van der Waals surface area contributed by atoms with E-state index in [4.69, 9.17) is 11.6 Å². The van der Waals surface area contributed by atoms with E-state index in [2.05, 4.69) is 4.98 Å². The number of amides is 1. The second-order valence-corrected chi connectivity index (χ2v) is 8.57. The molecule has 0 bridgehead atoms. The number of carbonyl (C=O) groups excluding carboxylic acids is 1. The molecule has 1 saturated heterocycles. The van der Waals surface area contributed by atoms with Crippen molar-refractivity contribution in [3.63, 3.8) is 0 Å². The smallest absolute Gasteiger partial charge is 0.332 e. The Bertz CT molecular complexity index is 1030. The highest BCUT2D eigenvalue weighted by Gasteiger charge is 2.40. The average molecular weight is 468 g/mol. The number of nitrogens with zero attached hydrogens (tertiary/aromatic N) is 3. The molecule has 5 nitrogen and oxygen atoms in total. The summed E-state index contributed by atoms with van der Waals surface area (Å²) in [6.07, 6.45) is -4.63. The molecule has 0 N–H and O–H groups in total. The number of carbonyl (C=O) groups is 1. The van der Waals surface area contributed by atoms with Crippen LogP contribution in [0.5, 0.6) is 0 Å². The molecule has 3 rings (SSSR count). The summed E-state index contributed by atoms with van der Waals surface area (Å²) in [4.78, 5) is 19.1. The Balaban J connectivity index is 1.97. The lowest BCUT2D eigenvalue weighted by atomic mass is 10.2. The van der Waals surface area contributed by atoms with Crippen molar-refractivity contribution in [3.8, 4) is 0 Å². The van der Waals surface area contributed by atoms with Crippen LogP contribution in [-0.2, 0) is 21.8 Å². The minimum atomic E-state index is -4.63. The van der Waals surface area contributed by atoms with Gasteiger partial charge in [0.25, 0.3) is 5.91 Å². The summed E-state index contributed by atoms with van der Waals surface area (Å²) in [7, 11) is -0.340. The number of aromatic nitrogens is 1. The number of hydrogen-bond acceptors (Lipinski definition) is 4. The molecular formula is C18H15ClF5N3O2S. The molecule has 0 radical (unpaired) electrons. The Morgan fingerprint density at radius 2 is 1.90 bits per heavy atom. The fourth-order valence-corrected chi connectivity index (χ4v) is 4.63. The highest BCUT2D eigenvalue weighted by atomic mass is 35.5. The average Bonchev–Trinajstić information content (AvgIpc) is 3.04. The minimum Gasteiger partial charge on any atom is -0.332 e. The molecule has 1 aromatic heterocycles. The van der Waals surface area contributed by atoms with Crippen molar-refractivity contribution in [1.82, 2.24) is 4.98 Å². The van der Waals surface area contributed by atoms with Gasteiger partial charge in [-0.25, -0.2) is 13.8 Å². The largest absolute Gasteiger partial charge is 0.416 e. The molecule has 2 aromatic rings. The first kappa shape index (κ1) is 22.4. The molecule has 2 heterocycles. The number of pyridine rings is 1. The molecule has 162 valence electrons. The first-order chi connectivity index (χ1) is 13.9. The van der Waals surface area contributed by atoms with Crippen molar-refractivity contribution in [3.05, 3.63) is 52.2 Å². The lowest BCUT2D eigenvalue weighted by molar-refractivity contribution is -0.137. The third kappa shape index (κ3) is 4.41. The van der Waals surface area contributed by atoms with Crippen molar-refractivity contribution in [2.75, 3.05) is 28.5 Å². The second kappa shape index (κ2) is 8.10. The van der Waals surface area contributed by atoms with E-state index in [-0.39, 0.29) is 28.8 Å². The number of alkyl halides is 3. The van der Waals surface area contributed by atoms with Crippen LogP contribution in [0.15, 0.2) is 24.3 Å². The normalized spacial score (nSPS) is 19.3. The number of anilines is 2. The van der Waals surface area contributed by atoms with E-state index < -0.39 is 51.1 Å². The van der Waals surface area contributed by atoms with Crippen LogP contribution in [0.3, 0.4) is 0 Å². The van der Waals surface area contributed by atoms with Gasteiger partial charge in [-0.1, -0.05) is 11.6 Å². The Hall–Kier alpha value is -2.27. The summed E-state index contributed by atoms with van der Waals surface area (Å²) in [6, 6.07) is 1.91. The molecule has 0 aliphatic carbocycles. The summed E-state index contributed by atoms with van der Waals surface area (Å²) in [6.45, 7) is 1.37. The lowest BCUT2D eigenvalue weighted by Gasteiger charge is -2.28. The molecule has 1 fully saturated rings. The fraction of sp³-hybridized carbons (Fsp3) is 0.333. The van der Waals surface area contributed by atoms with Gasteiger partial charge in [0.1, 0.15) is 23.5 Å². The van der Waals surface area contributed by atoms with E-state index >= 15 is 0 Å². The number of benzene rings is 1. The van der Waals surface area contributed by atoms with Crippen molar-refractivity contribution in [2.24, 2.45) is 0 Å². The van der Waals surface area contributed by atoms with Gasteiger partial charge in [0, 0.05) is 29.6 Å². The van der Waals surface area contributed by atoms with Gasteiger partial charge in [-0.3, -0.25) is 9.00 Å². The van der Waals surface area contributed by atoms with Crippen LogP contribution in [0.1, 0.15) is 11.3 Å². The number of halogens is 6. The van der Waals surface area contributed by atoms with E-state index in [1.165, 1.54) is 18.9 Å². The van der Waals surface area contributed by atoms with E-state index in [1.54, 1.807) is 0 Å². The molecule has 30 heavy (non-hydrogen) atoms. The van der Waals surface area contributed by atoms with Crippen LogP contribution in [0.4, 0.5) is 33.5 Å². The van der Waals surface area contributed by atoms with E-state index in [9.17, 15) is 31.0 Å². The minimum absolute atomic E-state index is 0.0634. The topological polar surface area (TPSA) is 53.5 Å². The molecule has 1 unspecified atom stereocenters. The van der Waals surface area contributed by atoms with Crippen molar-refractivity contribution < 1.29 is 31.0 Å². The predicted molar refractivity (Wildman–Crippen MR) is 103 cm³/mol. The summed E-state index contributed by atoms with van der Waals surface area (Å²) in [5.41, 5.74) is -1.22. The van der Waals surface area contributed by atoms with Crippen LogP contribution >= 0.6 is 11.6 Å². The Morgan fingerprint density at radius 3 is 2.53 bits per heavy atom. The summed E-state index contributed by atoms with van der Waals surface area (Å²) in [5.74, 6) is -3.38. The molecule has 1 aliphatic heterocycles. The summed E-state index contributed by atoms with van der Waals surface area (Å²) in [5, 5.41) is -0.409. The Kier molecular flexibility index (Phi) is 6.06.